The van der Waals surface area contributed by atoms with Crippen molar-refractivity contribution in [2.24, 2.45) is 5.90 Å². The van der Waals surface area contributed by atoms with E-state index in [-0.39, 0.29) is 0 Å². The van der Waals surface area contributed by atoms with Gasteiger partial charge in [-0.1, -0.05) is 12.1 Å². The molecule has 18 heavy (non-hydrogen) atoms. The van der Waals surface area contributed by atoms with Crippen LogP contribution in [0.2, 0.25) is 0 Å². The van der Waals surface area contributed by atoms with Crippen LogP contribution in [0.25, 0.3) is 0 Å². The molecule has 2 N–H and O–H groups in total. The lowest BCUT2D eigenvalue weighted by atomic mass is 10.1. The van der Waals surface area contributed by atoms with Crippen LogP contribution in [0.5, 0.6) is 5.75 Å². The quantitative estimate of drug-likeness (QED) is 0.806. The first-order valence-electron chi connectivity index (χ1n) is 6.54. The van der Waals surface area contributed by atoms with E-state index in [2.05, 4.69) is 28.9 Å². The molecule has 1 fully saturated rings. The zero-order chi connectivity index (χ0) is 12.8. The number of likely N-dealkylation sites (N-methyl/N-ethyl adjacent to an activating group) is 1. The van der Waals surface area contributed by atoms with Crippen LogP contribution in [0.15, 0.2) is 24.3 Å². The Hall–Kier alpha value is -1.10. The Morgan fingerprint density at radius 2 is 2.33 bits per heavy atom. The van der Waals surface area contributed by atoms with E-state index in [9.17, 15) is 0 Å². The lowest BCUT2D eigenvalue weighted by molar-refractivity contribution is 0.104. The maximum Gasteiger partial charge on any atom is 0.120 e. The average molecular weight is 250 g/mol. The lowest BCUT2D eigenvalue weighted by Crippen LogP contribution is -2.38. The van der Waals surface area contributed by atoms with E-state index in [1.165, 1.54) is 18.5 Å². The summed E-state index contributed by atoms with van der Waals surface area (Å²) in [6.07, 6.45) is 3.48. The number of hydrogen-bond donors (Lipinski definition) is 1. The van der Waals surface area contributed by atoms with Crippen molar-refractivity contribution < 1.29 is 9.57 Å². The van der Waals surface area contributed by atoms with Crippen molar-refractivity contribution in [3.8, 4) is 5.75 Å². The number of hydrogen-bond acceptors (Lipinski definition) is 4. The van der Waals surface area contributed by atoms with E-state index in [0.29, 0.717) is 12.7 Å². The molecular formula is C14H22N2O2. The third kappa shape index (κ3) is 3.98. The highest BCUT2D eigenvalue weighted by Gasteiger charge is 2.18. The molecule has 0 aromatic heterocycles. The molecule has 2 rings (SSSR count). The van der Waals surface area contributed by atoms with E-state index in [4.69, 9.17) is 10.6 Å². The molecule has 0 spiro atoms. The Morgan fingerprint density at radius 1 is 1.44 bits per heavy atom. The van der Waals surface area contributed by atoms with E-state index >= 15 is 0 Å². The third-order valence-corrected chi connectivity index (χ3v) is 3.29. The molecule has 1 unspecified atom stereocenters. The van der Waals surface area contributed by atoms with Gasteiger partial charge in [0.15, 0.2) is 0 Å². The number of nitrogens with zero attached hydrogens (tertiary/aromatic N) is 1. The highest BCUT2D eigenvalue weighted by atomic mass is 16.6. The molecule has 1 aliphatic heterocycles. The largest absolute Gasteiger partial charge is 0.489 e. The monoisotopic (exact) mass is 250 g/mol. The van der Waals surface area contributed by atoms with Crippen molar-refractivity contribution in [3.63, 3.8) is 0 Å². The predicted molar refractivity (Wildman–Crippen MR) is 71.4 cm³/mol. The van der Waals surface area contributed by atoms with Crippen LogP contribution in [0.3, 0.4) is 0 Å². The predicted octanol–water partition coefficient (Wildman–Crippen LogP) is 1.59. The minimum absolute atomic E-state index is 0.310. The molecule has 0 aliphatic carbocycles. The van der Waals surface area contributed by atoms with E-state index in [1.54, 1.807) is 0 Å². The summed E-state index contributed by atoms with van der Waals surface area (Å²) in [5.41, 5.74) is 1.20. The Balaban J connectivity index is 1.91. The maximum atomic E-state index is 6.03. The van der Waals surface area contributed by atoms with Crippen LogP contribution < -0.4 is 10.6 Å². The molecule has 100 valence electrons. The first-order chi connectivity index (χ1) is 8.78. The normalized spacial score (nSPS) is 20.9. The summed E-state index contributed by atoms with van der Waals surface area (Å²) >= 11 is 0. The highest BCUT2D eigenvalue weighted by Crippen LogP contribution is 2.19. The van der Waals surface area contributed by atoms with Gasteiger partial charge in [0, 0.05) is 6.54 Å². The molecule has 1 aromatic rings. The van der Waals surface area contributed by atoms with Gasteiger partial charge in [0.25, 0.3) is 0 Å². The van der Waals surface area contributed by atoms with Crippen LogP contribution in [-0.2, 0) is 11.3 Å². The molecule has 1 heterocycles. The summed E-state index contributed by atoms with van der Waals surface area (Å²) in [4.78, 5) is 6.92. The van der Waals surface area contributed by atoms with Crippen LogP contribution in [0, 0.1) is 0 Å². The van der Waals surface area contributed by atoms with E-state index < -0.39 is 0 Å². The Morgan fingerprint density at radius 3 is 3.11 bits per heavy atom. The summed E-state index contributed by atoms with van der Waals surface area (Å²) in [7, 11) is 2.14. The molecule has 1 aliphatic rings. The van der Waals surface area contributed by atoms with E-state index in [1.807, 2.05) is 12.1 Å². The van der Waals surface area contributed by atoms with Crippen molar-refractivity contribution in [1.82, 2.24) is 4.90 Å². The Bertz CT molecular complexity index is 371. The molecule has 4 heteroatoms. The molecule has 1 aromatic carbocycles. The summed E-state index contributed by atoms with van der Waals surface area (Å²) in [5.74, 6) is 5.99. The van der Waals surface area contributed by atoms with Gasteiger partial charge in [0.1, 0.15) is 11.9 Å². The van der Waals surface area contributed by atoms with Gasteiger partial charge in [0.2, 0.25) is 0 Å². The summed E-state index contributed by atoms with van der Waals surface area (Å²) < 4.78 is 6.03. The van der Waals surface area contributed by atoms with Gasteiger partial charge in [-0.2, -0.15) is 0 Å². The Labute approximate surface area is 109 Å². The second-order valence-electron chi connectivity index (χ2n) is 4.91. The second kappa shape index (κ2) is 6.73. The van der Waals surface area contributed by atoms with Crippen LogP contribution in [-0.4, -0.2) is 37.7 Å². The molecule has 1 atom stereocenters. The number of ether oxygens (including phenoxy) is 1. The molecule has 0 amide bonds. The third-order valence-electron chi connectivity index (χ3n) is 3.29. The first kappa shape index (κ1) is 13.3. The van der Waals surface area contributed by atoms with E-state index in [0.717, 1.165) is 25.1 Å². The zero-order valence-corrected chi connectivity index (χ0v) is 11.0. The van der Waals surface area contributed by atoms with Gasteiger partial charge in [0.05, 0.1) is 6.61 Å². The van der Waals surface area contributed by atoms with Crippen molar-refractivity contribution >= 4 is 0 Å². The van der Waals surface area contributed by atoms with Crippen LogP contribution >= 0.6 is 0 Å². The minimum Gasteiger partial charge on any atom is -0.489 e. The summed E-state index contributed by atoms with van der Waals surface area (Å²) in [6.45, 7) is 2.72. The lowest BCUT2D eigenvalue weighted by Gasteiger charge is -2.30. The summed E-state index contributed by atoms with van der Waals surface area (Å²) in [5, 5.41) is 0. The van der Waals surface area contributed by atoms with Gasteiger partial charge in [-0.3, -0.25) is 0 Å². The molecule has 0 bridgehead atoms. The highest BCUT2D eigenvalue weighted by molar-refractivity contribution is 5.28. The molecular weight excluding hydrogens is 228 g/mol. The van der Waals surface area contributed by atoms with Gasteiger partial charge in [-0.25, -0.2) is 5.90 Å². The van der Waals surface area contributed by atoms with Crippen molar-refractivity contribution in [1.29, 1.82) is 0 Å². The molecule has 0 radical (unpaired) electrons. The maximum absolute atomic E-state index is 6.03. The van der Waals surface area contributed by atoms with Crippen LogP contribution in [0.4, 0.5) is 0 Å². The molecule has 1 saturated heterocycles. The van der Waals surface area contributed by atoms with Gasteiger partial charge >= 0.3 is 0 Å². The fourth-order valence-corrected chi connectivity index (χ4v) is 2.36. The van der Waals surface area contributed by atoms with Crippen molar-refractivity contribution in [2.45, 2.75) is 25.4 Å². The number of nitrogens with two attached hydrogens (primary N) is 1. The van der Waals surface area contributed by atoms with Gasteiger partial charge < -0.3 is 14.5 Å². The Kier molecular flexibility index (Phi) is 4.99. The fraction of sp³-hybridized carbons (Fsp3) is 0.571. The van der Waals surface area contributed by atoms with Gasteiger partial charge in [-0.05, 0) is 50.6 Å². The molecule has 4 nitrogen and oxygen atoms in total. The van der Waals surface area contributed by atoms with Crippen molar-refractivity contribution in [3.05, 3.63) is 29.8 Å². The zero-order valence-electron chi connectivity index (χ0n) is 11.0. The van der Waals surface area contributed by atoms with Gasteiger partial charge in [-0.15, -0.1) is 0 Å². The fourth-order valence-electron chi connectivity index (χ4n) is 2.36. The van der Waals surface area contributed by atoms with Crippen molar-refractivity contribution in [2.75, 3.05) is 26.7 Å². The number of piperidine rings is 1. The number of likely N-dealkylation sites (tertiary alicyclic amines) is 1. The number of rotatable bonds is 5. The smallest absolute Gasteiger partial charge is 0.120 e. The first-order valence-corrected chi connectivity index (χ1v) is 6.54. The topological polar surface area (TPSA) is 47.7 Å². The molecule has 0 saturated carbocycles. The number of benzene rings is 1. The van der Waals surface area contributed by atoms with Crippen LogP contribution in [0.1, 0.15) is 18.4 Å². The minimum atomic E-state index is 0.310. The average Bonchev–Trinajstić information content (AvgIpc) is 2.37. The SMILES string of the molecule is CN1CCCC(Oc2cccc(CCON)c2)C1. The summed E-state index contributed by atoms with van der Waals surface area (Å²) in [6, 6.07) is 8.18. The standard InChI is InChI=1S/C14H22N2O2/c1-16-8-3-6-14(11-16)18-13-5-2-4-12(10-13)7-9-17-15/h2,4-5,10,14H,3,6-9,11,15H2,1H3. The second-order valence-corrected chi connectivity index (χ2v) is 4.91.